The molecule has 1 rings (SSSR count). The Bertz CT molecular complexity index is 258. The highest BCUT2D eigenvalue weighted by Crippen LogP contribution is 2.08. The van der Waals surface area contributed by atoms with Gasteiger partial charge in [-0.1, -0.05) is 11.6 Å². The van der Waals surface area contributed by atoms with Crippen LogP contribution in [0.15, 0.2) is 18.3 Å². The topological polar surface area (TPSA) is 42.0 Å². The number of rotatable bonds is 1. The quantitative estimate of drug-likeness (QED) is 0.652. The van der Waals surface area contributed by atoms with Crippen LogP contribution in [-0.4, -0.2) is 10.9 Å². The fraction of sp³-hybridized carbons (Fsp3) is 0.143. The van der Waals surface area contributed by atoms with Gasteiger partial charge in [0.1, 0.15) is 5.15 Å². The van der Waals surface area contributed by atoms with Crippen molar-refractivity contribution in [1.29, 1.82) is 0 Å². The second-order valence-corrected chi connectivity index (χ2v) is 2.44. The summed E-state index contributed by atoms with van der Waals surface area (Å²) in [5, 5.41) is 2.99. The molecule has 3 nitrogen and oxygen atoms in total. The fourth-order valence-corrected chi connectivity index (χ4v) is 0.765. The first-order valence-corrected chi connectivity index (χ1v) is 3.45. The van der Waals surface area contributed by atoms with Crippen molar-refractivity contribution in [3.8, 4) is 0 Å². The Morgan fingerprint density at radius 2 is 2.36 bits per heavy atom. The first kappa shape index (κ1) is 8.01. The van der Waals surface area contributed by atoms with Crippen LogP contribution in [0.3, 0.4) is 0 Å². The SMILES string of the molecule is CC(=O)Nc1ccc(Cl)nc1. The Hall–Kier alpha value is -1.09. The molecule has 0 aliphatic heterocycles. The van der Waals surface area contributed by atoms with Crippen LogP contribution in [-0.2, 0) is 4.79 Å². The molecule has 0 saturated heterocycles. The summed E-state index contributed by atoms with van der Waals surface area (Å²) in [6.45, 7) is 1.44. The van der Waals surface area contributed by atoms with Crippen molar-refractivity contribution < 1.29 is 4.79 Å². The van der Waals surface area contributed by atoms with E-state index in [1.807, 2.05) is 0 Å². The van der Waals surface area contributed by atoms with Gasteiger partial charge in [-0.2, -0.15) is 0 Å². The molecule has 0 aliphatic rings. The van der Waals surface area contributed by atoms with Gasteiger partial charge in [0.25, 0.3) is 0 Å². The van der Waals surface area contributed by atoms with Crippen LogP contribution in [0.25, 0.3) is 0 Å². The molecule has 0 fully saturated rings. The van der Waals surface area contributed by atoms with E-state index >= 15 is 0 Å². The summed E-state index contributed by atoms with van der Waals surface area (Å²) in [6.07, 6.45) is 1.50. The molecule has 0 bridgehead atoms. The largest absolute Gasteiger partial charge is 0.325 e. The number of aromatic nitrogens is 1. The fourth-order valence-electron chi connectivity index (χ4n) is 0.653. The van der Waals surface area contributed by atoms with E-state index in [0.717, 1.165) is 0 Å². The maximum atomic E-state index is 10.5. The lowest BCUT2D eigenvalue weighted by molar-refractivity contribution is -0.114. The lowest BCUT2D eigenvalue weighted by Gasteiger charge is -1.98. The minimum absolute atomic E-state index is 0.117. The van der Waals surface area contributed by atoms with Crippen LogP contribution in [0.1, 0.15) is 6.92 Å². The molecular formula is C7H7ClN2O. The second kappa shape index (κ2) is 3.34. The summed E-state index contributed by atoms with van der Waals surface area (Å²) in [7, 11) is 0. The molecule has 0 spiro atoms. The van der Waals surface area contributed by atoms with Gasteiger partial charge in [0.2, 0.25) is 5.91 Å². The van der Waals surface area contributed by atoms with Crippen molar-refractivity contribution in [2.75, 3.05) is 5.32 Å². The lowest BCUT2D eigenvalue weighted by atomic mass is 10.4. The van der Waals surface area contributed by atoms with Gasteiger partial charge in [0, 0.05) is 6.92 Å². The van der Waals surface area contributed by atoms with Gasteiger partial charge in [-0.15, -0.1) is 0 Å². The molecule has 1 heterocycles. The number of nitrogens with one attached hydrogen (secondary N) is 1. The van der Waals surface area contributed by atoms with Crippen LogP contribution in [0.2, 0.25) is 5.15 Å². The van der Waals surface area contributed by atoms with E-state index in [-0.39, 0.29) is 5.91 Å². The summed E-state index contributed by atoms with van der Waals surface area (Å²) in [6, 6.07) is 3.31. The Kier molecular flexibility index (Phi) is 2.44. The number of hydrogen-bond acceptors (Lipinski definition) is 2. The average Bonchev–Trinajstić information content (AvgIpc) is 1.93. The Morgan fingerprint density at radius 3 is 2.82 bits per heavy atom. The van der Waals surface area contributed by atoms with Crippen LogP contribution in [0.4, 0.5) is 5.69 Å². The third kappa shape index (κ3) is 2.55. The Labute approximate surface area is 69.4 Å². The first-order valence-electron chi connectivity index (χ1n) is 3.07. The number of pyridine rings is 1. The Morgan fingerprint density at radius 1 is 1.64 bits per heavy atom. The van der Waals surface area contributed by atoms with Gasteiger partial charge in [0.15, 0.2) is 0 Å². The maximum absolute atomic E-state index is 10.5. The second-order valence-electron chi connectivity index (χ2n) is 2.05. The van der Waals surface area contributed by atoms with E-state index < -0.39 is 0 Å². The number of anilines is 1. The number of amides is 1. The molecule has 1 amide bonds. The predicted octanol–water partition coefficient (Wildman–Crippen LogP) is 1.69. The van der Waals surface area contributed by atoms with Crippen LogP contribution < -0.4 is 5.32 Å². The standard InChI is InChI=1S/C7H7ClN2O/c1-5(11)10-6-2-3-7(8)9-4-6/h2-4H,1H3,(H,10,11). The highest BCUT2D eigenvalue weighted by atomic mass is 35.5. The van der Waals surface area contributed by atoms with Gasteiger partial charge < -0.3 is 5.32 Å². The van der Waals surface area contributed by atoms with Crippen LogP contribution in [0.5, 0.6) is 0 Å². The van der Waals surface area contributed by atoms with Gasteiger partial charge in [-0.25, -0.2) is 4.98 Å². The molecule has 11 heavy (non-hydrogen) atoms. The van der Waals surface area contributed by atoms with Gasteiger partial charge in [-0.3, -0.25) is 4.79 Å². The summed E-state index contributed by atoms with van der Waals surface area (Å²) in [5.41, 5.74) is 0.655. The summed E-state index contributed by atoms with van der Waals surface area (Å²) >= 11 is 5.52. The highest BCUT2D eigenvalue weighted by Gasteiger charge is 1.94. The molecule has 0 atom stereocenters. The molecule has 0 saturated carbocycles. The van der Waals surface area contributed by atoms with Gasteiger partial charge in [-0.05, 0) is 12.1 Å². The molecule has 0 radical (unpaired) electrons. The van der Waals surface area contributed by atoms with E-state index in [9.17, 15) is 4.79 Å². The smallest absolute Gasteiger partial charge is 0.221 e. The van der Waals surface area contributed by atoms with Gasteiger partial charge in [0.05, 0.1) is 11.9 Å². The molecule has 0 aliphatic carbocycles. The van der Waals surface area contributed by atoms with E-state index in [1.54, 1.807) is 12.1 Å². The van der Waals surface area contributed by atoms with E-state index in [2.05, 4.69) is 10.3 Å². The zero-order chi connectivity index (χ0) is 8.27. The first-order chi connectivity index (χ1) is 5.18. The normalized spacial score (nSPS) is 9.27. The molecule has 0 aromatic carbocycles. The minimum atomic E-state index is -0.117. The van der Waals surface area contributed by atoms with Crippen molar-refractivity contribution in [1.82, 2.24) is 4.98 Å². The number of nitrogens with zero attached hydrogens (tertiary/aromatic N) is 1. The Balaban J connectivity index is 2.74. The highest BCUT2D eigenvalue weighted by molar-refractivity contribution is 6.29. The monoisotopic (exact) mass is 170 g/mol. The maximum Gasteiger partial charge on any atom is 0.221 e. The third-order valence-electron chi connectivity index (χ3n) is 1.05. The predicted molar refractivity (Wildman–Crippen MR) is 43.6 cm³/mol. The number of hydrogen-bond donors (Lipinski definition) is 1. The van der Waals surface area contributed by atoms with E-state index in [1.165, 1.54) is 13.1 Å². The van der Waals surface area contributed by atoms with Crippen LogP contribution in [0, 0.1) is 0 Å². The van der Waals surface area contributed by atoms with Crippen molar-refractivity contribution >= 4 is 23.2 Å². The van der Waals surface area contributed by atoms with Crippen LogP contribution >= 0.6 is 11.6 Å². The lowest BCUT2D eigenvalue weighted by Crippen LogP contribution is -2.05. The summed E-state index contributed by atoms with van der Waals surface area (Å²) in [5.74, 6) is -0.117. The molecule has 4 heteroatoms. The molecule has 1 aromatic rings. The molecular weight excluding hydrogens is 164 g/mol. The zero-order valence-electron chi connectivity index (χ0n) is 5.97. The minimum Gasteiger partial charge on any atom is -0.325 e. The summed E-state index contributed by atoms with van der Waals surface area (Å²) in [4.78, 5) is 14.3. The average molecular weight is 171 g/mol. The van der Waals surface area contributed by atoms with Crippen molar-refractivity contribution in [3.05, 3.63) is 23.5 Å². The molecule has 0 unspecified atom stereocenters. The number of carbonyl (C=O) groups excluding carboxylic acids is 1. The zero-order valence-corrected chi connectivity index (χ0v) is 6.72. The number of carbonyl (C=O) groups is 1. The summed E-state index contributed by atoms with van der Waals surface area (Å²) < 4.78 is 0. The van der Waals surface area contributed by atoms with Crippen molar-refractivity contribution in [3.63, 3.8) is 0 Å². The third-order valence-corrected chi connectivity index (χ3v) is 1.27. The van der Waals surface area contributed by atoms with Gasteiger partial charge >= 0.3 is 0 Å². The molecule has 58 valence electrons. The number of halogens is 1. The van der Waals surface area contributed by atoms with E-state index in [0.29, 0.717) is 10.8 Å². The van der Waals surface area contributed by atoms with Crippen molar-refractivity contribution in [2.45, 2.75) is 6.92 Å². The molecule has 1 aromatic heterocycles. The van der Waals surface area contributed by atoms with E-state index in [4.69, 9.17) is 11.6 Å². The van der Waals surface area contributed by atoms with Crippen molar-refractivity contribution in [2.24, 2.45) is 0 Å². The molecule has 1 N–H and O–H groups in total.